The zero-order chi connectivity index (χ0) is 15.0. The molecule has 0 unspecified atom stereocenters. The van der Waals surface area contributed by atoms with Crippen molar-refractivity contribution in [2.75, 3.05) is 0 Å². The average molecular weight is 290 g/mol. The third kappa shape index (κ3) is 2.36. The fraction of sp³-hybridized carbons (Fsp3) is 0. The third-order valence-electron chi connectivity index (χ3n) is 2.55. The van der Waals surface area contributed by atoms with Crippen LogP contribution in [-0.2, 0) is 0 Å². The highest BCUT2D eigenvalue weighted by Crippen LogP contribution is 2.24. The molecule has 2 heterocycles. The van der Waals surface area contributed by atoms with Crippen LogP contribution in [-0.4, -0.2) is 26.1 Å². The molecule has 0 aliphatic carbocycles. The van der Waals surface area contributed by atoms with Gasteiger partial charge in [0.05, 0.1) is 5.39 Å². The maximum atomic E-state index is 13.5. The quantitative estimate of drug-likeness (QED) is 0.756. The van der Waals surface area contributed by atoms with E-state index in [1.54, 1.807) is 0 Å². The van der Waals surface area contributed by atoms with E-state index in [0.717, 1.165) is 12.1 Å². The summed E-state index contributed by atoms with van der Waals surface area (Å²) in [6.07, 6.45) is 2.47. The normalized spacial score (nSPS) is 10.8. The first kappa shape index (κ1) is 12.9. The third-order valence-corrected chi connectivity index (χ3v) is 2.55. The van der Waals surface area contributed by atoms with Crippen LogP contribution < -0.4 is 10.5 Å². The number of hydrogen-bond acceptors (Lipinski definition) is 5. The van der Waals surface area contributed by atoms with Gasteiger partial charge in [-0.3, -0.25) is 9.89 Å². The zero-order valence-corrected chi connectivity index (χ0v) is 10.2. The van der Waals surface area contributed by atoms with Crippen molar-refractivity contribution in [1.82, 2.24) is 20.2 Å². The van der Waals surface area contributed by atoms with Gasteiger partial charge in [0.1, 0.15) is 17.7 Å². The maximum absolute atomic E-state index is 13.5. The second kappa shape index (κ2) is 4.78. The summed E-state index contributed by atoms with van der Waals surface area (Å²) in [6, 6.07) is 2.39. The van der Waals surface area contributed by atoms with Gasteiger partial charge in [0.2, 0.25) is 0 Å². The van der Waals surface area contributed by atoms with Crippen LogP contribution in [0.2, 0.25) is 0 Å². The molecule has 0 atom stereocenters. The molecular weight excluding hydrogens is 284 g/mol. The molecule has 3 N–H and O–H groups in total. The predicted octanol–water partition coefficient (Wildman–Crippen LogP) is 1.32. The number of hydrogen-bond donors (Lipinski definition) is 2. The van der Waals surface area contributed by atoms with Gasteiger partial charge >= 0.3 is 6.01 Å². The smallest absolute Gasteiger partial charge is 0.324 e. The number of halogens is 2. The summed E-state index contributed by atoms with van der Waals surface area (Å²) in [6.45, 7) is 0. The van der Waals surface area contributed by atoms with Crippen molar-refractivity contribution in [3.63, 3.8) is 0 Å². The molecule has 0 spiro atoms. The first-order valence-electron chi connectivity index (χ1n) is 5.61. The molecule has 1 aromatic carbocycles. The molecule has 2 aromatic heterocycles. The van der Waals surface area contributed by atoms with Crippen LogP contribution in [0.5, 0.6) is 11.8 Å². The minimum atomic E-state index is -0.935. The first-order valence-corrected chi connectivity index (χ1v) is 5.61. The van der Waals surface area contributed by atoms with Crippen molar-refractivity contribution in [2.45, 2.75) is 0 Å². The van der Waals surface area contributed by atoms with E-state index in [-0.39, 0.29) is 28.5 Å². The fourth-order valence-electron chi connectivity index (χ4n) is 1.64. The van der Waals surface area contributed by atoms with Crippen molar-refractivity contribution in [1.29, 1.82) is 0 Å². The Hall–Kier alpha value is -3.10. The number of carbonyl (C=O) groups excluding carboxylic acids is 1. The summed E-state index contributed by atoms with van der Waals surface area (Å²) in [5.41, 5.74) is 5.16. The number of carbonyl (C=O) groups is 1. The number of fused-ring (bicyclic) bond motifs is 1. The Morgan fingerprint density at radius 2 is 2.14 bits per heavy atom. The van der Waals surface area contributed by atoms with Gasteiger partial charge in [-0.1, -0.05) is 0 Å². The van der Waals surface area contributed by atoms with E-state index in [0.29, 0.717) is 6.07 Å². The second-order valence-corrected chi connectivity index (χ2v) is 3.95. The van der Waals surface area contributed by atoms with E-state index >= 15 is 0 Å². The molecule has 3 rings (SSSR count). The number of nitrogens with zero attached hydrogens (tertiary/aromatic N) is 3. The molecule has 105 valence electrons. The molecule has 0 saturated heterocycles. The van der Waals surface area contributed by atoms with Crippen molar-refractivity contribution >= 4 is 16.9 Å². The lowest BCUT2D eigenvalue weighted by Gasteiger charge is -2.06. The van der Waals surface area contributed by atoms with Crippen LogP contribution >= 0.6 is 0 Å². The van der Waals surface area contributed by atoms with Gasteiger partial charge in [-0.25, -0.2) is 8.78 Å². The van der Waals surface area contributed by atoms with Gasteiger partial charge in [0.15, 0.2) is 17.2 Å². The topological polar surface area (TPSA) is 107 Å². The minimum absolute atomic E-state index is 0.149. The van der Waals surface area contributed by atoms with Crippen molar-refractivity contribution in [3.8, 4) is 11.8 Å². The predicted molar refractivity (Wildman–Crippen MR) is 65.5 cm³/mol. The molecule has 1 amide bonds. The number of aromatic amines is 1. The van der Waals surface area contributed by atoms with Crippen molar-refractivity contribution in [2.24, 2.45) is 5.73 Å². The van der Waals surface area contributed by atoms with Crippen molar-refractivity contribution < 1.29 is 18.3 Å². The minimum Gasteiger partial charge on any atom is -0.421 e. The Kier molecular flexibility index (Phi) is 2.94. The van der Waals surface area contributed by atoms with Gasteiger partial charge in [-0.15, -0.1) is 0 Å². The number of ether oxygens (including phenoxy) is 1. The summed E-state index contributed by atoms with van der Waals surface area (Å²) in [5.74, 6) is -2.83. The second-order valence-electron chi connectivity index (χ2n) is 3.95. The molecule has 7 nitrogen and oxygen atoms in total. The Bertz CT molecular complexity index is 849. The van der Waals surface area contributed by atoms with E-state index in [2.05, 4.69) is 26.4 Å². The number of benzene rings is 1. The molecule has 0 aliphatic heterocycles. The van der Waals surface area contributed by atoms with E-state index in [1.165, 1.54) is 0 Å². The average Bonchev–Trinajstić information content (AvgIpc) is 2.89. The Labute approximate surface area is 115 Å². The van der Waals surface area contributed by atoms with Crippen LogP contribution in [0, 0.1) is 17.8 Å². The molecule has 21 heavy (non-hydrogen) atoms. The molecule has 9 heteroatoms. The van der Waals surface area contributed by atoms with Gasteiger partial charge < -0.3 is 10.5 Å². The van der Waals surface area contributed by atoms with Crippen LogP contribution in [0.4, 0.5) is 8.78 Å². The number of amides is 1. The highest BCUT2D eigenvalue weighted by molar-refractivity contribution is 6.02. The van der Waals surface area contributed by atoms with Crippen molar-refractivity contribution in [3.05, 3.63) is 41.7 Å². The largest absolute Gasteiger partial charge is 0.421 e. The van der Waals surface area contributed by atoms with Crippen LogP contribution in [0.15, 0.2) is 18.2 Å². The fourth-order valence-corrected chi connectivity index (χ4v) is 1.64. The summed E-state index contributed by atoms with van der Waals surface area (Å²) < 4.78 is 31.4. The molecular formula is C12H6F2N5O2. The van der Waals surface area contributed by atoms with Crippen LogP contribution in [0.3, 0.4) is 0 Å². The molecule has 1 radical (unpaired) electrons. The van der Waals surface area contributed by atoms with Gasteiger partial charge in [0.25, 0.3) is 5.91 Å². The van der Waals surface area contributed by atoms with E-state index < -0.39 is 17.5 Å². The molecule has 0 fully saturated rings. The summed E-state index contributed by atoms with van der Waals surface area (Å²) in [4.78, 5) is 19.0. The molecule has 0 saturated carbocycles. The highest BCUT2D eigenvalue weighted by Gasteiger charge is 2.16. The number of nitrogens with one attached hydrogen (secondary N) is 1. The Balaban J connectivity index is 2.06. The van der Waals surface area contributed by atoms with Crippen LogP contribution in [0.1, 0.15) is 10.5 Å². The summed E-state index contributed by atoms with van der Waals surface area (Å²) >= 11 is 0. The lowest BCUT2D eigenvalue weighted by atomic mass is 10.3. The van der Waals surface area contributed by atoms with Crippen LogP contribution in [0.25, 0.3) is 11.0 Å². The summed E-state index contributed by atoms with van der Waals surface area (Å²) in [7, 11) is 0. The Morgan fingerprint density at radius 1 is 1.33 bits per heavy atom. The van der Waals surface area contributed by atoms with E-state index in [9.17, 15) is 13.6 Å². The molecule has 0 bridgehead atoms. The summed E-state index contributed by atoms with van der Waals surface area (Å²) in [5, 5.41) is 6.24. The van der Waals surface area contributed by atoms with Gasteiger partial charge in [-0.2, -0.15) is 15.1 Å². The first-order chi connectivity index (χ1) is 10.0. The number of nitrogens with two attached hydrogens (primary N) is 1. The molecule has 0 aliphatic rings. The lowest BCUT2D eigenvalue weighted by molar-refractivity contribution is 0.0996. The number of aromatic nitrogens is 4. The maximum Gasteiger partial charge on any atom is 0.324 e. The highest BCUT2D eigenvalue weighted by atomic mass is 19.1. The SMILES string of the molecule is NC(=O)c1nc(Oc2ccc(F)cc2F)nc2[nH]n[c]c12. The van der Waals surface area contributed by atoms with Gasteiger partial charge in [0, 0.05) is 6.07 Å². The standard InChI is InChI=1S/C12H6F2N5O2/c13-5-1-2-8(7(14)3-5)21-12-17-9(10(15)20)6-4-16-19-11(6)18-12/h1-3H,(H2,15,20)(H,16,17,18,19). The number of H-pyrrole nitrogens is 1. The number of rotatable bonds is 3. The van der Waals surface area contributed by atoms with E-state index in [4.69, 9.17) is 10.5 Å². The number of primary amides is 1. The zero-order valence-electron chi connectivity index (χ0n) is 10.2. The Morgan fingerprint density at radius 3 is 2.86 bits per heavy atom. The monoisotopic (exact) mass is 290 g/mol. The van der Waals surface area contributed by atoms with E-state index in [1.807, 2.05) is 0 Å². The lowest BCUT2D eigenvalue weighted by Crippen LogP contribution is -2.14. The molecule has 3 aromatic rings. The van der Waals surface area contributed by atoms with Gasteiger partial charge in [-0.05, 0) is 12.1 Å².